The Labute approximate surface area is 213 Å². The second-order valence-corrected chi connectivity index (χ2v) is 10.5. The Morgan fingerprint density at radius 3 is 1.86 bits per heavy atom. The third kappa shape index (κ3) is 14.3. The molecule has 2 aliphatic carbocycles. The number of Topliss-reactive ketones (excluding diaryl/α,β-unsaturated/α-hetero) is 1. The van der Waals surface area contributed by atoms with E-state index in [0.717, 1.165) is 70.6 Å². The van der Waals surface area contributed by atoms with Crippen LogP contribution in [0, 0.1) is 11.8 Å². The molecule has 35 heavy (non-hydrogen) atoms. The number of esters is 1. The molecule has 7 nitrogen and oxygen atoms in total. The zero-order valence-corrected chi connectivity index (χ0v) is 22.7. The van der Waals surface area contributed by atoms with E-state index in [1.807, 2.05) is 0 Å². The zero-order chi connectivity index (χ0) is 26.1. The Kier molecular flexibility index (Phi) is 17.5. The van der Waals surface area contributed by atoms with Crippen molar-refractivity contribution in [2.24, 2.45) is 11.8 Å². The second-order valence-electron chi connectivity index (χ2n) is 10.5. The molecule has 6 atom stereocenters. The van der Waals surface area contributed by atoms with Gasteiger partial charge in [-0.15, -0.1) is 0 Å². The van der Waals surface area contributed by atoms with Gasteiger partial charge in [0, 0.05) is 27.1 Å². The van der Waals surface area contributed by atoms with Gasteiger partial charge in [-0.05, 0) is 83.0 Å². The van der Waals surface area contributed by atoms with Crippen molar-refractivity contribution in [3.05, 3.63) is 0 Å². The molecule has 0 saturated heterocycles. The molecular formula is C28H52O7. The van der Waals surface area contributed by atoms with Crippen LogP contribution in [-0.2, 0) is 23.8 Å². The first-order valence-corrected chi connectivity index (χ1v) is 13.9. The van der Waals surface area contributed by atoms with E-state index >= 15 is 0 Å². The Hall–Kier alpha value is -1.02. The van der Waals surface area contributed by atoms with Crippen LogP contribution in [0.15, 0.2) is 0 Å². The molecule has 0 amide bonds. The van der Waals surface area contributed by atoms with Gasteiger partial charge in [0.15, 0.2) is 0 Å². The van der Waals surface area contributed by atoms with Crippen LogP contribution in [0.5, 0.6) is 0 Å². The molecule has 0 aromatic rings. The molecule has 2 fully saturated rings. The topological polar surface area (TPSA) is 102 Å². The molecule has 6 unspecified atom stereocenters. The number of ether oxygens (including phenoxy) is 3. The quantitative estimate of drug-likeness (QED) is 0.256. The number of carbonyl (C=O) groups is 2. The van der Waals surface area contributed by atoms with Gasteiger partial charge in [-0.3, -0.25) is 4.79 Å². The van der Waals surface area contributed by atoms with Crippen molar-refractivity contribution in [3.63, 3.8) is 0 Å². The maximum absolute atomic E-state index is 11.5. The molecule has 0 aromatic heterocycles. The maximum atomic E-state index is 11.5. The first kappa shape index (κ1) is 32.0. The fourth-order valence-corrected chi connectivity index (χ4v) is 5.16. The Bertz CT molecular complexity index is 568. The fourth-order valence-electron chi connectivity index (χ4n) is 5.16. The average Bonchev–Trinajstić information content (AvgIpc) is 2.85. The summed E-state index contributed by atoms with van der Waals surface area (Å²) < 4.78 is 15.8. The van der Waals surface area contributed by atoms with Crippen LogP contribution in [0.2, 0.25) is 0 Å². The third-order valence-corrected chi connectivity index (χ3v) is 7.50. The summed E-state index contributed by atoms with van der Waals surface area (Å²) in [7, 11) is 3.30. The average molecular weight is 501 g/mol. The summed E-state index contributed by atoms with van der Waals surface area (Å²) in [5, 5.41) is 19.3. The smallest absolute Gasteiger partial charge is 0.305 e. The lowest BCUT2D eigenvalue weighted by Crippen LogP contribution is -2.35. The number of aliphatic hydroxyl groups is 2. The highest BCUT2D eigenvalue weighted by Gasteiger charge is 2.29. The molecule has 2 N–H and O–H groups in total. The molecule has 2 saturated carbocycles. The van der Waals surface area contributed by atoms with Crippen LogP contribution in [0.1, 0.15) is 110 Å². The van der Waals surface area contributed by atoms with E-state index < -0.39 is 0 Å². The zero-order valence-electron chi connectivity index (χ0n) is 22.7. The van der Waals surface area contributed by atoms with Crippen LogP contribution in [0.4, 0.5) is 0 Å². The summed E-state index contributed by atoms with van der Waals surface area (Å²) in [6, 6.07) is 0. The molecule has 2 rings (SSSR count). The van der Waals surface area contributed by atoms with E-state index in [-0.39, 0.29) is 36.2 Å². The van der Waals surface area contributed by atoms with E-state index in [1.54, 1.807) is 21.1 Å². The minimum atomic E-state index is -0.313. The first-order chi connectivity index (χ1) is 16.8. The Morgan fingerprint density at radius 2 is 1.34 bits per heavy atom. The summed E-state index contributed by atoms with van der Waals surface area (Å²) in [5.41, 5.74) is 0. The van der Waals surface area contributed by atoms with Crippen molar-refractivity contribution < 1.29 is 34.0 Å². The summed E-state index contributed by atoms with van der Waals surface area (Å²) in [4.78, 5) is 22.3. The summed E-state index contributed by atoms with van der Waals surface area (Å²) >= 11 is 0. The highest BCUT2D eigenvalue weighted by atomic mass is 16.5. The maximum Gasteiger partial charge on any atom is 0.305 e. The van der Waals surface area contributed by atoms with Gasteiger partial charge in [0.1, 0.15) is 5.78 Å². The van der Waals surface area contributed by atoms with Gasteiger partial charge in [0.2, 0.25) is 0 Å². The van der Waals surface area contributed by atoms with Gasteiger partial charge < -0.3 is 29.2 Å². The lowest BCUT2D eigenvalue weighted by Gasteiger charge is -2.32. The highest BCUT2D eigenvalue weighted by Crippen LogP contribution is 2.30. The SMILES string of the molecule is CCCCCCC(=O)OCCCC1CCC(O)C(OC)C1.COC1CC(CCC(C)=O)CCC1O. The number of hydrogen-bond acceptors (Lipinski definition) is 7. The van der Waals surface area contributed by atoms with Gasteiger partial charge in [-0.2, -0.15) is 0 Å². The number of methoxy groups -OCH3 is 2. The molecule has 0 spiro atoms. The van der Waals surface area contributed by atoms with Crippen molar-refractivity contribution in [1.82, 2.24) is 0 Å². The Balaban J connectivity index is 0.000000379. The van der Waals surface area contributed by atoms with Gasteiger partial charge in [-0.25, -0.2) is 0 Å². The number of hydrogen-bond donors (Lipinski definition) is 2. The van der Waals surface area contributed by atoms with Crippen molar-refractivity contribution in [2.45, 2.75) is 135 Å². The van der Waals surface area contributed by atoms with E-state index in [2.05, 4.69) is 6.92 Å². The number of unbranched alkanes of at least 4 members (excludes halogenated alkanes) is 3. The van der Waals surface area contributed by atoms with E-state index in [0.29, 0.717) is 31.3 Å². The van der Waals surface area contributed by atoms with Crippen LogP contribution in [0.3, 0.4) is 0 Å². The van der Waals surface area contributed by atoms with Crippen LogP contribution in [0.25, 0.3) is 0 Å². The second kappa shape index (κ2) is 19.1. The summed E-state index contributed by atoms with van der Waals surface area (Å²) in [6.45, 7) is 4.32. The molecular weight excluding hydrogens is 448 g/mol. The summed E-state index contributed by atoms with van der Waals surface area (Å²) in [5.74, 6) is 1.33. The third-order valence-electron chi connectivity index (χ3n) is 7.50. The van der Waals surface area contributed by atoms with E-state index in [4.69, 9.17) is 14.2 Å². The van der Waals surface area contributed by atoms with Gasteiger partial charge in [0.05, 0.1) is 31.0 Å². The van der Waals surface area contributed by atoms with E-state index in [9.17, 15) is 19.8 Å². The first-order valence-electron chi connectivity index (χ1n) is 13.9. The standard InChI is InChI=1S/C17H32O4.C11H20O3/c1-3-4-5-6-9-17(19)21-12-7-8-14-10-11-15(18)16(13-14)20-2;1-8(12)3-4-9-5-6-10(13)11(7-9)14-2/h14-16,18H,3-13H2,1-2H3;9-11,13H,3-7H2,1-2H3. The van der Waals surface area contributed by atoms with Crippen molar-refractivity contribution in [2.75, 3.05) is 20.8 Å². The molecule has 7 heteroatoms. The summed E-state index contributed by atoms with van der Waals surface area (Å²) in [6.07, 6.45) is 13.4. The van der Waals surface area contributed by atoms with Crippen molar-refractivity contribution in [1.29, 1.82) is 0 Å². The minimum Gasteiger partial charge on any atom is -0.466 e. The normalized spacial score (nSPS) is 28.6. The predicted octanol–water partition coefficient (Wildman–Crippen LogP) is 4.99. The number of carbonyl (C=O) groups excluding carboxylic acids is 2. The predicted molar refractivity (Wildman–Crippen MR) is 137 cm³/mol. The van der Waals surface area contributed by atoms with Gasteiger partial charge in [0.25, 0.3) is 0 Å². The van der Waals surface area contributed by atoms with Crippen LogP contribution < -0.4 is 0 Å². The molecule has 0 radical (unpaired) electrons. The van der Waals surface area contributed by atoms with Crippen LogP contribution in [-0.4, -0.2) is 67.2 Å². The molecule has 2 aliphatic rings. The van der Waals surface area contributed by atoms with E-state index in [1.165, 1.54) is 12.8 Å². The number of rotatable bonds is 14. The number of ketones is 1. The minimum absolute atomic E-state index is 0.0233. The van der Waals surface area contributed by atoms with Crippen molar-refractivity contribution >= 4 is 11.8 Å². The van der Waals surface area contributed by atoms with Crippen LogP contribution >= 0.6 is 0 Å². The Morgan fingerprint density at radius 1 is 0.771 bits per heavy atom. The molecule has 0 heterocycles. The molecule has 206 valence electrons. The largest absolute Gasteiger partial charge is 0.466 e. The monoisotopic (exact) mass is 500 g/mol. The number of aliphatic hydroxyl groups excluding tert-OH is 2. The lowest BCUT2D eigenvalue weighted by molar-refractivity contribution is -0.144. The molecule has 0 bridgehead atoms. The highest BCUT2D eigenvalue weighted by molar-refractivity contribution is 5.75. The van der Waals surface area contributed by atoms with Crippen molar-refractivity contribution in [3.8, 4) is 0 Å². The van der Waals surface area contributed by atoms with Gasteiger partial charge >= 0.3 is 5.97 Å². The lowest BCUT2D eigenvalue weighted by atomic mass is 9.82. The molecule has 0 aromatic carbocycles. The fraction of sp³-hybridized carbons (Fsp3) is 0.929. The molecule has 0 aliphatic heterocycles. The van der Waals surface area contributed by atoms with Gasteiger partial charge in [-0.1, -0.05) is 26.2 Å².